The number of carbonyl (C=O) groups excluding carboxylic acids is 1. The number of rotatable bonds is 4. The molecule has 3 N–H and O–H groups in total. The lowest BCUT2D eigenvalue weighted by Crippen LogP contribution is -2.50. The van der Waals surface area contributed by atoms with Crippen LogP contribution in [0.1, 0.15) is 12.8 Å². The van der Waals surface area contributed by atoms with Crippen LogP contribution in [-0.4, -0.2) is 70.7 Å². The van der Waals surface area contributed by atoms with Gasteiger partial charge in [-0.05, 0) is 30.7 Å². The second-order valence-electron chi connectivity index (χ2n) is 7.79. The highest BCUT2D eigenvalue weighted by molar-refractivity contribution is 7.99. The summed E-state index contributed by atoms with van der Waals surface area (Å²) in [6.07, 6.45) is 7.12. The zero-order valence-corrected chi connectivity index (χ0v) is 17.1. The van der Waals surface area contributed by atoms with Crippen LogP contribution in [0.5, 0.6) is 0 Å². The molecule has 29 heavy (non-hydrogen) atoms. The minimum Gasteiger partial charge on any atom is -0.356 e. The first-order valence-electron chi connectivity index (χ1n) is 9.69. The molecule has 2 aliphatic heterocycles. The molecule has 2 amide bonds. The lowest BCUT2D eigenvalue weighted by molar-refractivity contribution is 0.0549. The number of carbonyl (C=O) groups is 1. The summed E-state index contributed by atoms with van der Waals surface area (Å²) in [7, 11) is 3.64. The summed E-state index contributed by atoms with van der Waals surface area (Å²) in [5.74, 6) is 1.95. The van der Waals surface area contributed by atoms with E-state index in [-0.39, 0.29) is 6.03 Å². The summed E-state index contributed by atoms with van der Waals surface area (Å²) in [5.41, 5.74) is 0.858. The average molecular weight is 417 g/mol. The van der Waals surface area contributed by atoms with Crippen molar-refractivity contribution >= 4 is 41.2 Å². The molecule has 11 heteroatoms. The fourth-order valence-electron chi connectivity index (χ4n) is 4.72. The van der Waals surface area contributed by atoms with Crippen LogP contribution in [0.25, 0.3) is 11.0 Å². The van der Waals surface area contributed by atoms with Crippen LogP contribution in [0, 0.1) is 11.8 Å². The van der Waals surface area contributed by atoms with E-state index < -0.39 is 5.18 Å². The Hall–Kier alpha value is -2.53. The summed E-state index contributed by atoms with van der Waals surface area (Å²) in [5, 5.41) is 2.85. The highest BCUT2D eigenvalue weighted by atomic mass is 32.2. The van der Waals surface area contributed by atoms with Gasteiger partial charge in [-0.2, -0.15) is 0 Å². The van der Waals surface area contributed by atoms with Gasteiger partial charge in [0.25, 0.3) is 0 Å². The number of likely N-dealkylation sites (tertiary alicyclic amines) is 1. The molecular weight excluding hydrogens is 392 g/mol. The molecular formula is C18H24N8O2S. The Bertz CT molecular complexity index is 937. The molecule has 2 aromatic rings. The normalized spacial score (nSPS) is 30.6. The first-order valence-corrected chi connectivity index (χ1v) is 10.5. The number of hydrogen-bond donors (Lipinski definition) is 3. The second kappa shape index (κ2) is 7.06. The number of hydrogen-bond acceptors (Lipinski definition) is 8. The number of ether oxygens (including phenoxy) is 1. The minimum absolute atomic E-state index is 0.135. The predicted molar refractivity (Wildman–Crippen MR) is 111 cm³/mol. The van der Waals surface area contributed by atoms with E-state index >= 15 is 0 Å². The number of fused-ring (bicyclic) bond motifs is 2. The number of aliphatic imine (C=N–C) groups is 1. The molecule has 2 aromatic heterocycles. The molecule has 0 radical (unpaired) electrons. The van der Waals surface area contributed by atoms with E-state index in [2.05, 4.69) is 41.9 Å². The molecule has 0 bridgehead atoms. The molecule has 1 saturated carbocycles. The molecule has 2 fully saturated rings. The topological polar surface area (TPSA) is 111 Å². The smallest absolute Gasteiger partial charge is 0.321 e. The zero-order valence-electron chi connectivity index (χ0n) is 16.3. The van der Waals surface area contributed by atoms with Crippen molar-refractivity contribution in [3.05, 3.63) is 18.6 Å². The molecule has 4 heterocycles. The number of methoxy groups -OCH3 is 1. The number of aromatic nitrogens is 3. The van der Waals surface area contributed by atoms with Crippen LogP contribution in [-0.2, 0) is 4.74 Å². The van der Waals surface area contributed by atoms with Gasteiger partial charge >= 0.3 is 11.2 Å². The lowest BCUT2D eigenvalue weighted by atomic mass is 10.0. The van der Waals surface area contributed by atoms with Crippen LogP contribution in [0.4, 0.5) is 10.6 Å². The van der Waals surface area contributed by atoms with Gasteiger partial charge < -0.3 is 24.2 Å². The van der Waals surface area contributed by atoms with E-state index in [1.807, 2.05) is 17.2 Å². The maximum absolute atomic E-state index is 12.7. The fourth-order valence-corrected chi connectivity index (χ4v) is 5.32. The summed E-state index contributed by atoms with van der Waals surface area (Å²) >= 11 is 1.23. The van der Waals surface area contributed by atoms with Gasteiger partial charge in [-0.3, -0.25) is 5.32 Å². The standard InChI is InChI=1S/C18H24N8O2S/c1-25(16-14-3-4-19-15(14)20-9-21-16)13-5-11-7-26(8-12(11)6-13)17(27)24-18(28-2)22-10-23-29-18/h3-4,9-13H,5-8H2,1-2H3,(H,22,23)(H,24,27)(H,19,20,21)/t11-,12+,13+,18?. The molecule has 0 spiro atoms. The number of anilines is 1. The maximum atomic E-state index is 12.7. The predicted octanol–water partition coefficient (Wildman–Crippen LogP) is 1.35. The minimum atomic E-state index is -1.08. The molecule has 1 unspecified atom stereocenters. The number of amides is 2. The van der Waals surface area contributed by atoms with Gasteiger partial charge in [0.15, 0.2) is 0 Å². The van der Waals surface area contributed by atoms with Crippen molar-refractivity contribution in [2.24, 2.45) is 16.8 Å². The Morgan fingerprint density at radius 1 is 1.38 bits per heavy atom. The molecule has 10 nitrogen and oxygen atoms in total. The van der Waals surface area contributed by atoms with E-state index in [0.717, 1.165) is 42.8 Å². The van der Waals surface area contributed by atoms with Crippen LogP contribution >= 0.6 is 11.9 Å². The van der Waals surface area contributed by atoms with E-state index in [1.165, 1.54) is 25.4 Å². The van der Waals surface area contributed by atoms with E-state index in [1.54, 1.807) is 6.33 Å². The van der Waals surface area contributed by atoms with E-state index in [4.69, 9.17) is 4.74 Å². The van der Waals surface area contributed by atoms with Crippen molar-refractivity contribution in [1.29, 1.82) is 0 Å². The van der Waals surface area contributed by atoms with Crippen molar-refractivity contribution in [3.8, 4) is 0 Å². The van der Waals surface area contributed by atoms with Gasteiger partial charge in [0.2, 0.25) is 0 Å². The molecule has 1 aliphatic carbocycles. The van der Waals surface area contributed by atoms with Crippen molar-refractivity contribution in [2.45, 2.75) is 24.1 Å². The Morgan fingerprint density at radius 3 is 2.86 bits per heavy atom. The van der Waals surface area contributed by atoms with Gasteiger partial charge in [-0.15, -0.1) is 0 Å². The average Bonchev–Trinajstić information content (AvgIpc) is 3.49. The largest absolute Gasteiger partial charge is 0.356 e. The fraction of sp³-hybridized carbons (Fsp3) is 0.556. The molecule has 1 saturated heterocycles. The SMILES string of the molecule is COC1(NC(=O)N2C[C@H]3C[C@H](N(C)c4ncnc5[nH]ccc45)C[C@H]3C2)N=CNS1. The van der Waals surface area contributed by atoms with Crippen molar-refractivity contribution < 1.29 is 9.53 Å². The van der Waals surface area contributed by atoms with Crippen molar-refractivity contribution in [2.75, 3.05) is 32.1 Å². The highest BCUT2D eigenvalue weighted by Crippen LogP contribution is 2.41. The van der Waals surface area contributed by atoms with Crippen molar-refractivity contribution in [1.82, 2.24) is 29.9 Å². The van der Waals surface area contributed by atoms with Crippen LogP contribution in [0.15, 0.2) is 23.6 Å². The first kappa shape index (κ1) is 18.5. The molecule has 154 valence electrons. The van der Waals surface area contributed by atoms with Gasteiger partial charge in [0, 0.05) is 51.4 Å². The third-order valence-electron chi connectivity index (χ3n) is 6.25. The second-order valence-corrected chi connectivity index (χ2v) is 8.79. The van der Waals surface area contributed by atoms with Gasteiger partial charge in [0.1, 0.15) is 17.8 Å². The third kappa shape index (κ3) is 3.18. The third-order valence-corrected chi connectivity index (χ3v) is 7.13. The Morgan fingerprint density at radius 2 is 2.17 bits per heavy atom. The molecule has 5 rings (SSSR count). The maximum Gasteiger partial charge on any atom is 0.321 e. The number of nitrogens with zero attached hydrogens (tertiary/aromatic N) is 5. The van der Waals surface area contributed by atoms with Gasteiger partial charge in [-0.25, -0.2) is 19.8 Å². The summed E-state index contributed by atoms with van der Waals surface area (Å²) < 4.78 is 8.26. The molecule has 3 aliphatic rings. The number of nitrogens with one attached hydrogen (secondary N) is 3. The summed E-state index contributed by atoms with van der Waals surface area (Å²) in [4.78, 5) is 33.0. The summed E-state index contributed by atoms with van der Waals surface area (Å²) in [6.45, 7) is 1.51. The first-order chi connectivity index (χ1) is 14.1. The Balaban J connectivity index is 1.22. The summed E-state index contributed by atoms with van der Waals surface area (Å²) in [6, 6.07) is 2.30. The quantitative estimate of drug-likeness (QED) is 0.510. The van der Waals surface area contributed by atoms with E-state index in [9.17, 15) is 4.79 Å². The number of aromatic amines is 1. The van der Waals surface area contributed by atoms with E-state index in [0.29, 0.717) is 17.9 Å². The van der Waals surface area contributed by atoms with Crippen LogP contribution in [0.2, 0.25) is 0 Å². The lowest BCUT2D eigenvalue weighted by Gasteiger charge is -2.29. The van der Waals surface area contributed by atoms with Crippen molar-refractivity contribution in [3.63, 3.8) is 0 Å². The number of H-pyrrole nitrogens is 1. The zero-order chi connectivity index (χ0) is 20.0. The van der Waals surface area contributed by atoms with Gasteiger partial charge in [-0.1, -0.05) is 0 Å². The Labute approximate surface area is 172 Å². The van der Waals surface area contributed by atoms with Gasteiger partial charge in [0.05, 0.1) is 11.7 Å². The number of urea groups is 1. The molecule has 0 aromatic carbocycles. The molecule has 4 atom stereocenters. The monoisotopic (exact) mass is 416 g/mol. The van der Waals surface area contributed by atoms with Crippen LogP contribution < -0.4 is 14.9 Å². The van der Waals surface area contributed by atoms with Crippen LogP contribution in [0.3, 0.4) is 0 Å². The Kier molecular flexibility index (Phi) is 4.50. The highest BCUT2D eigenvalue weighted by Gasteiger charge is 2.45.